The van der Waals surface area contributed by atoms with Gasteiger partial charge in [-0.2, -0.15) is 0 Å². The lowest BCUT2D eigenvalue weighted by molar-refractivity contribution is 0.0696. The number of aromatic carboxylic acids is 2. The van der Waals surface area contributed by atoms with E-state index in [4.69, 9.17) is 21.8 Å². The molecule has 0 amide bonds. The minimum absolute atomic E-state index is 0.0436. The fourth-order valence-corrected chi connectivity index (χ4v) is 1.82. The summed E-state index contributed by atoms with van der Waals surface area (Å²) in [6.07, 6.45) is 0. The van der Waals surface area contributed by atoms with Gasteiger partial charge in [-0.1, -0.05) is 0 Å². The smallest absolute Gasteiger partial charge is 0.335 e. The van der Waals surface area contributed by atoms with Crippen LogP contribution in [-0.2, 0) is 0 Å². The van der Waals surface area contributed by atoms with E-state index in [2.05, 4.69) is 0 Å². The predicted octanol–water partition coefficient (Wildman–Crippen LogP) is 2.15. The second kappa shape index (κ2) is 6.26. The molecule has 5 nitrogen and oxygen atoms in total. The van der Waals surface area contributed by atoms with Crippen molar-refractivity contribution in [1.82, 2.24) is 0 Å². The Hall–Kier alpha value is -1.75. The fourth-order valence-electron chi connectivity index (χ4n) is 1.61. The van der Waals surface area contributed by atoms with E-state index in [1.165, 1.54) is 12.1 Å². The highest BCUT2D eigenvalue weighted by atomic mass is 35.5. The molecule has 0 radical (unpaired) electrons. The topological polar surface area (TPSA) is 77.8 Å². The zero-order valence-corrected chi connectivity index (χ0v) is 10.6. The van der Waals surface area contributed by atoms with Crippen molar-refractivity contribution in [3.05, 3.63) is 29.3 Å². The van der Waals surface area contributed by atoms with Crippen LogP contribution in [-0.4, -0.2) is 41.1 Å². The number of rotatable bonds is 6. The number of halogens is 1. The maximum Gasteiger partial charge on any atom is 0.335 e. The molecule has 0 unspecified atom stereocenters. The number of hydrogen-bond donors (Lipinski definition) is 2. The van der Waals surface area contributed by atoms with Gasteiger partial charge in [-0.15, -0.1) is 11.6 Å². The molecular formula is C12H14ClNO4. The van der Waals surface area contributed by atoms with Gasteiger partial charge in [0.05, 0.1) is 11.1 Å². The summed E-state index contributed by atoms with van der Waals surface area (Å²) in [4.78, 5) is 23.7. The number of nitrogens with zero attached hydrogens (tertiary/aromatic N) is 1. The summed E-state index contributed by atoms with van der Waals surface area (Å²) in [5.74, 6) is -1.92. The fraction of sp³-hybridized carbons (Fsp3) is 0.333. The average Bonchev–Trinajstić information content (AvgIpc) is 2.35. The summed E-state index contributed by atoms with van der Waals surface area (Å²) in [5.41, 5.74) is 0.464. The van der Waals surface area contributed by atoms with Crippen molar-refractivity contribution in [2.45, 2.75) is 6.92 Å². The van der Waals surface area contributed by atoms with E-state index >= 15 is 0 Å². The summed E-state index contributed by atoms with van der Waals surface area (Å²) >= 11 is 5.66. The third-order valence-electron chi connectivity index (χ3n) is 2.51. The van der Waals surface area contributed by atoms with Gasteiger partial charge in [-0.25, -0.2) is 9.59 Å². The monoisotopic (exact) mass is 271 g/mol. The zero-order chi connectivity index (χ0) is 13.7. The molecule has 0 aliphatic rings. The lowest BCUT2D eigenvalue weighted by atomic mass is 10.1. The first-order valence-corrected chi connectivity index (χ1v) is 5.95. The summed E-state index contributed by atoms with van der Waals surface area (Å²) < 4.78 is 0. The van der Waals surface area contributed by atoms with Crippen molar-refractivity contribution in [3.8, 4) is 0 Å². The molecule has 0 saturated heterocycles. The van der Waals surface area contributed by atoms with Gasteiger partial charge in [-0.05, 0) is 25.1 Å². The van der Waals surface area contributed by atoms with Crippen LogP contribution >= 0.6 is 11.6 Å². The van der Waals surface area contributed by atoms with E-state index < -0.39 is 11.9 Å². The summed E-state index contributed by atoms with van der Waals surface area (Å²) in [6.45, 7) is 3.04. The first-order valence-electron chi connectivity index (χ1n) is 5.42. The number of carbonyl (C=O) groups is 2. The van der Waals surface area contributed by atoms with Crippen molar-refractivity contribution < 1.29 is 19.8 Å². The minimum Gasteiger partial charge on any atom is -0.478 e. The Balaban J connectivity index is 3.25. The molecule has 0 bridgehead atoms. The maximum atomic E-state index is 11.0. The first-order chi connectivity index (χ1) is 8.49. The Bertz CT molecular complexity index is 429. The van der Waals surface area contributed by atoms with E-state index in [0.717, 1.165) is 6.07 Å². The van der Waals surface area contributed by atoms with Crippen LogP contribution in [0.2, 0.25) is 0 Å². The molecular weight excluding hydrogens is 258 g/mol. The maximum absolute atomic E-state index is 11.0. The molecule has 0 aliphatic heterocycles. The minimum atomic E-state index is -1.15. The van der Waals surface area contributed by atoms with Crippen molar-refractivity contribution in [1.29, 1.82) is 0 Å². The molecule has 6 heteroatoms. The van der Waals surface area contributed by atoms with Crippen molar-refractivity contribution in [2.75, 3.05) is 23.9 Å². The SMILES string of the molecule is CCN(CCCl)c1cc(C(=O)O)cc(C(=O)O)c1. The highest BCUT2D eigenvalue weighted by Gasteiger charge is 2.14. The van der Waals surface area contributed by atoms with Crippen molar-refractivity contribution in [3.63, 3.8) is 0 Å². The van der Waals surface area contributed by atoms with E-state index in [1.54, 1.807) is 0 Å². The quantitative estimate of drug-likeness (QED) is 0.775. The molecule has 0 saturated carbocycles. The van der Waals surface area contributed by atoms with E-state index in [9.17, 15) is 9.59 Å². The molecule has 98 valence electrons. The van der Waals surface area contributed by atoms with Crippen LogP contribution in [0.5, 0.6) is 0 Å². The normalized spacial score (nSPS) is 10.1. The van der Waals surface area contributed by atoms with Crippen molar-refractivity contribution >= 4 is 29.2 Å². The largest absolute Gasteiger partial charge is 0.478 e. The summed E-state index contributed by atoms with van der Waals surface area (Å²) in [7, 11) is 0. The highest BCUT2D eigenvalue weighted by molar-refractivity contribution is 6.18. The van der Waals surface area contributed by atoms with Crippen LogP contribution in [0.3, 0.4) is 0 Å². The highest BCUT2D eigenvalue weighted by Crippen LogP contribution is 2.20. The molecule has 0 spiro atoms. The van der Waals surface area contributed by atoms with E-state index in [0.29, 0.717) is 24.7 Å². The number of carboxylic acid groups (broad SMARTS) is 2. The predicted molar refractivity (Wildman–Crippen MR) is 69.0 cm³/mol. The molecule has 1 aromatic rings. The number of anilines is 1. The first kappa shape index (κ1) is 14.3. The summed E-state index contributed by atoms with van der Waals surface area (Å²) in [5, 5.41) is 17.9. The van der Waals surface area contributed by atoms with Gasteiger partial charge in [0.2, 0.25) is 0 Å². The van der Waals surface area contributed by atoms with E-state index in [-0.39, 0.29) is 11.1 Å². The molecule has 0 aromatic heterocycles. The van der Waals surface area contributed by atoms with E-state index in [1.807, 2.05) is 11.8 Å². The Morgan fingerprint density at radius 2 is 1.67 bits per heavy atom. The molecule has 0 aliphatic carbocycles. The summed E-state index contributed by atoms with van der Waals surface area (Å²) in [6, 6.07) is 4.04. The molecule has 1 aromatic carbocycles. The van der Waals surface area contributed by atoms with Gasteiger partial charge in [0.25, 0.3) is 0 Å². The molecule has 2 N–H and O–H groups in total. The van der Waals surface area contributed by atoms with Crippen LogP contribution in [0.15, 0.2) is 18.2 Å². The Kier molecular flexibility index (Phi) is 4.97. The molecule has 0 heterocycles. The Morgan fingerprint density at radius 3 is 2.00 bits per heavy atom. The second-order valence-electron chi connectivity index (χ2n) is 3.65. The van der Waals surface area contributed by atoms with Crippen LogP contribution in [0.1, 0.15) is 27.6 Å². The zero-order valence-electron chi connectivity index (χ0n) is 9.89. The molecule has 1 rings (SSSR count). The standard InChI is InChI=1S/C12H14ClNO4/c1-2-14(4-3-13)10-6-8(11(15)16)5-9(7-10)12(17)18/h5-7H,2-4H2,1H3,(H,15,16)(H,17,18). The van der Waals surface area contributed by atoms with Gasteiger partial charge in [0, 0.05) is 24.7 Å². The Labute approximate surface area is 110 Å². The van der Waals surface area contributed by atoms with Crippen molar-refractivity contribution in [2.24, 2.45) is 0 Å². The van der Waals surface area contributed by atoms with Gasteiger partial charge in [0.15, 0.2) is 0 Å². The Morgan fingerprint density at radius 1 is 1.17 bits per heavy atom. The van der Waals surface area contributed by atoms with Gasteiger partial charge in [-0.3, -0.25) is 0 Å². The number of hydrogen-bond acceptors (Lipinski definition) is 3. The number of carboxylic acids is 2. The van der Waals surface area contributed by atoms with Gasteiger partial charge in [0.1, 0.15) is 0 Å². The lowest BCUT2D eigenvalue weighted by Crippen LogP contribution is -2.25. The van der Waals surface area contributed by atoms with Gasteiger partial charge >= 0.3 is 11.9 Å². The third kappa shape index (κ3) is 3.37. The van der Waals surface area contributed by atoms with Crippen LogP contribution < -0.4 is 4.90 Å². The van der Waals surface area contributed by atoms with Crippen LogP contribution in [0.25, 0.3) is 0 Å². The van der Waals surface area contributed by atoms with Gasteiger partial charge < -0.3 is 15.1 Å². The molecule has 0 atom stereocenters. The number of alkyl halides is 1. The van der Waals surface area contributed by atoms with Crippen LogP contribution in [0, 0.1) is 0 Å². The second-order valence-corrected chi connectivity index (χ2v) is 4.03. The third-order valence-corrected chi connectivity index (χ3v) is 2.68. The van der Waals surface area contributed by atoms with Crippen LogP contribution in [0.4, 0.5) is 5.69 Å². The lowest BCUT2D eigenvalue weighted by Gasteiger charge is -2.22. The average molecular weight is 272 g/mol. The number of benzene rings is 1. The molecule has 0 fully saturated rings. The molecule has 18 heavy (non-hydrogen) atoms.